The van der Waals surface area contributed by atoms with Crippen LogP contribution in [0.25, 0.3) is 10.2 Å². The summed E-state index contributed by atoms with van der Waals surface area (Å²) in [6.07, 6.45) is 5.26. The molecule has 0 unspecified atom stereocenters. The Hall–Kier alpha value is -3.52. The molecule has 1 aromatic carbocycles. The number of carbonyl (C=O) groups excluding carboxylic acids is 1. The van der Waals surface area contributed by atoms with Gasteiger partial charge in [0, 0.05) is 6.20 Å². The second-order valence-corrected chi connectivity index (χ2v) is 8.73. The SMILES string of the molecule is Cc1c(C(=O)NCc2ccccn2)sc2ncnc(NC[C@H]3CCc4ccccc4O3)c12. The molecule has 2 N–H and O–H groups in total. The highest BCUT2D eigenvalue weighted by atomic mass is 32.1. The predicted molar refractivity (Wildman–Crippen MR) is 125 cm³/mol. The fourth-order valence-electron chi connectivity index (χ4n) is 3.91. The van der Waals surface area contributed by atoms with Crippen LogP contribution in [0.3, 0.4) is 0 Å². The number of aryl methyl sites for hydroxylation is 2. The number of aromatic nitrogens is 3. The molecule has 0 spiro atoms. The molecule has 0 saturated carbocycles. The first kappa shape index (κ1) is 20.4. The lowest BCUT2D eigenvalue weighted by Crippen LogP contribution is -2.30. The zero-order valence-electron chi connectivity index (χ0n) is 17.7. The number of ether oxygens (including phenoxy) is 1. The minimum Gasteiger partial charge on any atom is -0.488 e. The number of hydrogen-bond donors (Lipinski definition) is 2. The van der Waals surface area contributed by atoms with Gasteiger partial charge in [0.1, 0.15) is 28.8 Å². The first-order chi connectivity index (χ1) is 15.7. The van der Waals surface area contributed by atoms with Crippen LogP contribution in [0.15, 0.2) is 55.0 Å². The van der Waals surface area contributed by atoms with E-state index in [1.165, 1.54) is 23.2 Å². The van der Waals surface area contributed by atoms with Crippen molar-refractivity contribution >= 4 is 33.3 Å². The largest absolute Gasteiger partial charge is 0.488 e. The van der Waals surface area contributed by atoms with Gasteiger partial charge in [-0.1, -0.05) is 24.3 Å². The Morgan fingerprint density at radius 1 is 1.16 bits per heavy atom. The van der Waals surface area contributed by atoms with Crippen LogP contribution >= 0.6 is 11.3 Å². The average Bonchev–Trinajstić information content (AvgIpc) is 3.19. The Kier molecular flexibility index (Phi) is 5.68. The summed E-state index contributed by atoms with van der Waals surface area (Å²) >= 11 is 1.38. The number of benzene rings is 1. The van der Waals surface area contributed by atoms with Gasteiger partial charge in [0.2, 0.25) is 0 Å². The first-order valence-electron chi connectivity index (χ1n) is 10.6. The van der Waals surface area contributed by atoms with Crippen LogP contribution in [0.5, 0.6) is 5.75 Å². The van der Waals surface area contributed by atoms with Crippen LogP contribution in [0.1, 0.15) is 32.9 Å². The van der Waals surface area contributed by atoms with Crippen molar-refractivity contribution in [3.8, 4) is 5.75 Å². The van der Waals surface area contributed by atoms with Crippen LogP contribution in [0.2, 0.25) is 0 Å². The third kappa shape index (κ3) is 4.13. The van der Waals surface area contributed by atoms with Gasteiger partial charge < -0.3 is 15.4 Å². The molecule has 4 heterocycles. The second-order valence-electron chi connectivity index (χ2n) is 7.73. The lowest BCUT2D eigenvalue weighted by Gasteiger charge is -2.26. The van der Waals surface area contributed by atoms with E-state index in [-0.39, 0.29) is 12.0 Å². The van der Waals surface area contributed by atoms with Gasteiger partial charge in [0.15, 0.2) is 0 Å². The van der Waals surface area contributed by atoms with Gasteiger partial charge in [-0.25, -0.2) is 9.97 Å². The molecule has 32 heavy (non-hydrogen) atoms. The molecule has 1 aliphatic heterocycles. The molecular weight excluding hydrogens is 422 g/mol. The number of para-hydroxylation sites is 1. The predicted octanol–water partition coefficient (Wildman–Crippen LogP) is 4.13. The van der Waals surface area contributed by atoms with Gasteiger partial charge in [-0.2, -0.15) is 0 Å². The van der Waals surface area contributed by atoms with E-state index >= 15 is 0 Å². The normalized spacial score (nSPS) is 15.1. The van der Waals surface area contributed by atoms with Crippen LogP contribution in [-0.4, -0.2) is 33.5 Å². The lowest BCUT2D eigenvalue weighted by molar-refractivity contribution is 0.0954. The molecule has 5 rings (SSSR count). The maximum Gasteiger partial charge on any atom is 0.262 e. The van der Waals surface area contributed by atoms with Gasteiger partial charge in [0.25, 0.3) is 5.91 Å². The van der Waals surface area contributed by atoms with E-state index in [4.69, 9.17) is 4.74 Å². The highest BCUT2D eigenvalue weighted by molar-refractivity contribution is 7.20. The molecule has 0 bridgehead atoms. The van der Waals surface area contributed by atoms with E-state index < -0.39 is 0 Å². The summed E-state index contributed by atoms with van der Waals surface area (Å²) in [5, 5.41) is 7.26. The van der Waals surface area contributed by atoms with E-state index in [1.807, 2.05) is 43.3 Å². The van der Waals surface area contributed by atoms with Crippen LogP contribution in [0, 0.1) is 6.92 Å². The second kappa shape index (κ2) is 8.92. The Labute approximate surface area is 189 Å². The highest BCUT2D eigenvalue weighted by Crippen LogP contribution is 2.34. The van der Waals surface area contributed by atoms with Crippen molar-refractivity contribution in [3.05, 3.63) is 76.7 Å². The van der Waals surface area contributed by atoms with Crippen molar-refractivity contribution in [1.82, 2.24) is 20.3 Å². The molecule has 8 heteroatoms. The molecule has 1 atom stereocenters. The fourth-order valence-corrected chi connectivity index (χ4v) is 4.98. The summed E-state index contributed by atoms with van der Waals surface area (Å²) in [5.74, 6) is 1.56. The van der Waals surface area contributed by atoms with E-state index in [0.717, 1.165) is 45.9 Å². The molecule has 0 radical (unpaired) electrons. The summed E-state index contributed by atoms with van der Waals surface area (Å²) in [5.41, 5.74) is 2.94. The van der Waals surface area contributed by atoms with Crippen molar-refractivity contribution in [2.45, 2.75) is 32.4 Å². The van der Waals surface area contributed by atoms with Gasteiger partial charge in [0.05, 0.1) is 29.0 Å². The standard InChI is InChI=1S/C24H23N5O2S/c1-15-20-22(26-13-18-10-9-16-6-2-3-8-19(16)31-18)28-14-29-24(20)32-21(15)23(30)27-12-17-7-4-5-11-25-17/h2-8,11,14,18H,9-10,12-13H2,1H3,(H,27,30)(H,26,28,29)/t18-/m1/s1. The number of nitrogens with one attached hydrogen (secondary N) is 2. The number of amides is 1. The van der Waals surface area contributed by atoms with E-state index in [0.29, 0.717) is 18.0 Å². The van der Waals surface area contributed by atoms with Crippen molar-refractivity contribution in [2.24, 2.45) is 0 Å². The molecule has 162 valence electrons. The van der Waals surface area contributed by atoms with Crippen molar-refractivity contribution < 1.29 is 9.53 Å². The third-order valence-corrected chi connectivity index (χ3v) is 6.79. The van der Waals surface area contributed by atoms with Crippen LogP contribution < -0.4 is 15.4 Å². The molecule has 4 aromatic rings. The minimum absolute atomic E-state index is 0.0648. The van der Waals surface area contributed by atoms with Crippen LogP contribution in [0.4, 0.5) is 5.82 Å². The van der Waals surface area contributed by atoms with E-state index in [2.05, 4.69) is 31.7 Å². The number of pyridine rings is 1. The Morgan fingerprint density at radius 2 is 2.03 bits per heavy atom. The summed E-state index contributed by atoms with van der Waals surface area (Å²) in [7, 11) is 0. The number of anilines is 1. The van der Waals surface area contributed by atoms with Crippen molar-refractivity contribution in [1.29, 1.82) is 0 Å². The maximum atomic E-state index is 12.8. The topological polar surface area (TPSA) is 89.0 Å². The molecule has 0 fully saturated rings. The smallest absolute Gasteiger partial charge is 0.262 e. The molecule has 3 aromatic heterocycles. The Balaban J connectivity index is 1.30. The maximum absolute atomic E-state index is 12.8. The third-order valence-electron chi connectivity index (χ3n) is 5.59. The monoisotopic (exact) mass is 445 g/mol. The Morgan fingerprint density at radius 3 is 2.91 bits per heavy atom. The number of rotatable bonds is 6. The molecule has 7 nitrogen and oxygen atoms in total. The number of hydrogen-bond acceptors (Lipinski definition) is 7. The number of carbonyl (C=O) groups is 1. The summed E-state index contributed by atoms with van der Waals surface area (Å²) in [6, 6.07) is 13.8. The summed E-state index contributed by atoms with van der Waals surface area (Å²) in [4.78, 5) is 27.3. The Bertz CT molecular complexity index is 1260. The quantitative estimate of drug-likeness (QED) is 0.464. The number of fused-ring (bicyclic) bond motifs is 2. The fraction of sp³-hybridized carbons (Fsp3) is 0.250. The van der Waals surface area contributed by atoms with Gasteiger partial charge in [-0.05, 0) is 49.1 Å². The zero-order chi connectivity index (χ0) is 21.9. The molecule has 0 saturated heterocycles. The highest BCUT2D eigenvalue weighted by Gasteiger charge is 2.22. The van der Waals surface area contributed by atoms with Gasteiger partial charge in [-0.3, -0.25) is 9.78 Å². The average molecular weight is 446 g/mol. The first-order valence-corrected chi connectivity index (χ1v) is 11.4. The van der Waals surface area contributed by atoms with Crippen molar-refractivity contribution in [2.75, 3.05) is 11.9 Å². The number of thiophene rings is 1. The van der Waals surface area contributed by atoms with Gasteiger partial charge >= 0.3 is 0 Å². The molecule has 1 amide bonds. The van der Waals surface area contributed by atoms with Crippen LogP contribution in [-0.2, 0) is 13.0 Å². The lowest BCUT2D eigenvalue weighted by atomic mass is 10.0. The zero-order valence-corrected chi connectivity index (χ0v) is 18.5. The van der Waals surface area contributed by atoms with E-state index in [1.54, 1.807) is 6.20 Å². The van der Waals surface area contributed by atoms with Gasteiger partial charge in [-0.15, -0.1) is 11.3 Å². The summed E-state index contributed by atoms with van der Waals surface area (Å²) < 4.78 is 6.14. The molecule has 1 aliphatic rings. The molecule has 0 aliphatic carbocycles. The van der Waals surface area contributed by atoms with Crippen molar-refractivity contribution in [3.63, 3.8) is 0 Å². The number of nitrogens with zero attached hydrogens (tertiary/aromatic N) is 3. The molecular formula is C24H23N5O2S. The summed E-state index contributed by atoms with van der Waals surface area (Å²) in [6.45, 7) is 2.96. The minimum atomic E-state index is -0.130. The van der Waals surface area contributed by atoms with E-state index in [9.17, 15) is 4.79 Å².